The van der Waals surface area contributed by atoms with Gasteiger partial charge in [0.2, 0.25) is 10.0 Å². The van der Waals surface area contributed by atoms with E-state index in [2.05, 4.69) is 6.07 Å². The number of rotatable bonds is 3. The van der Waals surface area contributed by atoms with Gasteiger partial charge in [0.1, 0.15) is 0 Å². The van der Waals surface area contributed by atoms with Crippen molar-refractivity contribution in [2.45, 2.75) is 24.7 Å². The summed E-state index contributed by atoms with van der Waals surface area (Å²) in [6.45, 7) is 2.77. The van der Waals surface area contributed by atoms with Crippen LogP contribution in [0.3, 0.4) is 0 Å². The Kier molecular flexibility index (Phi) is 5.07. The van der Waals surface area contributed by atoms with Crippen LogP contribution in [-0.2, 0) is 10.0 Å². The summed E-state index contributed by atoms with van der Waals surface area (Å²) >= 11 is 0. The topological polar surface area (TPSA) is 81.5 Å². The molecule has 0 spiro atoms. The average molecular weight is 335 g/mol. The molecule has 2 rings (SSSR count). The van der Waals surface area contributed by atoms with E-state index in [4.69, 9.17) is 5.26 Å². The highest BCUT2D eigenvalue weighted by molar-refractivity contribution is 7.89. The van der Waals surface area contributed by atoms with Crippen LogP contribution in [0.1, 0.15) is 28.8 Å². The lowest BCUT2D eigenvalue weighted by Crippen LogP contribution is -2.38. The Morgan fingerprint density at radius 3 is 2.43 bits per heavy atom. The van der Waals surface area contributed by atoms with Gasteiger partial charge in [0.15, 0.2) is 0 Å². The summed E-state index contributed by atoms with van der Waals surface area (Å²) in [4.78, 5) is 14.4. The van der Waals surface area contributed by atoms with Crippen LogP contribution in [0.2, 0.25) is 0 Å². The molecule has 23 heavy (non-hydrogen) atoms. The third-order valence-electron chi connectivity index (χ3n) is 4.16. The molecule has 1 amide bonds. The lowest BCUT2D eigenvalue weighted by molar-refractivity contribution is 0.0707. The predicted octanol–water partition coefficient (Wildman–Crippen LogP) is 1.62. The molecule has 0 N–H and O–H groups in total. The van der Waals surface area contributed by atoms with Gasteiger partial charge in [0, 0.05) is 38.7 Å². The van der Waals surface area contributed by atoms with Crippen molar-refractivity contribution in [3.63, 3.8) is 0 Å². The standard InChI is InChI=1S/C16H21N3O3S/c1-12-4-5-14(10-15(12)23(21,22)18(2)3)16(20)19-8-6-13(11-17)7-9-19/h4-5,10,13H,6-9H2,1-3H3. The van der Waals surface area contributed by atoms with Gasteiger partial charge < -0.3 is 4.90 Å². The van der Waals surface area contributed by atoms with Gasteiger partial charge in [-0.1, -0.05) is 6.07 Å². The molecule has 1 aromatic carbocycles. The smallest absolute Gasteiger partial charge is 0.253 e. The quantitative estimate of drug-likeness (QED) is 0.840. The molecule has 0 aliphatic carbocycles. The van der Waals surface area contributed by atoms with Crippen molar-refractivity contribution >= 4 is 15.9 Å². The summed E-state index contributed by atoms with van der Waals surface area (Å²) in [5, 5.41) is 8.92. The summed E-state index contributed by atoms with van der Waals surface area (Å²) in [5.41, 5.74) is 0.977. The van der Waals surface area contributed by atoms with E-state index in [9.17, 15) is 13.2 Å². The molecule has 0 aromatic heterocycles. The molecule has 1 fully saturated rings. The fourth-order valence-electron chi connectivity index (χ4n) is 2.60. The summed E-state index contributed by atoms with van der Waals surface area (Å²) in [6, 6.07) is 6.99. The van der Waals surface area contributed by atoms with Crippen LogP contribution in [-0.4, -0.2) is 50.7 Å². The normalized spacial score (nSPS) is 16.4. The largest absolute Gasteiger partial charge is 0.339 e. The second-order valence-electron chi connectivity index (χ2n) is 5.96. The number of benzene rings is 1. The van der Waals surface area contributed by atoms with Gasteiger partial charge in [-0.3, -0.25) is 4.79 Å². The zero-order valence-electron chi connectivity index (χ0n) is 13.6. The number of amides is 1. The number of carbonyl (C=O) groups is 1. The third kappa shape index (κ3) is 3.54. The molecule has 1 saturated heterocycles. The van der Waals surface area contributed by atoms with Crippen molar-refractivity contribution in [2.24, 2.45) is 5.92 Å². The van der Waals surface area contributed by atoms with E-state index in [1.165, 1.54) is 20.2 Å². The van der Waals surface area contributed by atoms with Crippen LogP contribution >= 0.6 is 0 Å². The molecule has 1 aliphatic heterocycles. The van der Waals surface area contributed by atoms with Crippen LogP contribution in [0.25, 0.3) is 0 Å². The Bertz CT molecular complexity index is 742. The Hall–Kier alpha value is -1.91. The molecular weight excluding hydrogens is 314 g/mol. The SMILES string of the molecule is Cc1ccc(C(=O)N2CCC(C#N)CC2)cc1S(=O)(=O)N(C)C. The summed E-state index contributed by atoms with van der Waals surface area (Å²) in [5.74, 6) is -0.182. The van der Waals surface area contributed by atoms with E-state index < -0.39 is 10.0 Å². The molecule has 0 saturated carbocycles. The number of likely N-dealkylation sites (tertiary alicyclic amines) is 1. The number of hydrogen-bond acceptors (Lipinski definition) is 4. The molecule has 1 aromatic rings. The van der Waals surface area contributed by atoms with E-state index in [0.29, 0.717) is 37.1 Å². The molecular formula is C16H21N3O3S. The minimum atomic E-state index is -3.59. The highest BCUT2D eigenvalue weighted by Gasteiger charge is 2.26. The molecule has 0 atom stereocenters. The highest BCUT2D eigenvalue weighted by Crippen LogP contribution is 2.23. The zero-order chi connectivity index (χ0) is 17.2. The maximum atomic E-state index is 12.6. The molecule has 0 radical (unpaired) electrons. The second-order valence-corrected chi connectivity index (χ2v) is 8.08. The Morgan fingerprint density at radius 2 is 1.91 bits per heavy atom. The first kappa shape index (κ1) is 17.4. The van der Waals surface area contributed by atoms with E-state index in [1.807, 2.05) is 0 Å². The lowest BCUT2D eigenvalue weighted by atomic mass is 9.98. The van der Waals surface area contributed by atoms with Crippen LogP contribution in [0.15, 0.2) is 23.1 Å². The number of nitriles is 1. The molecule has 0 unspecified atom stereocenters. The van der Waals surface area contributed by atoms with Crippen molar-refractivity contribution in [3.05, 3.63) is 29.3 Å². The van der Waals surface area contributed by atoms with Crippen molar-refractivity contribution in [1.82, 2.24) is 9.21 Å². The Morgan fingerprint density at radius 1 is 1.30 bits per heavy atom. The van der Waals surface area contributed by atoms with Crippen molar-refractivity contribution in [1.29, 1.82) is 5.26 Å². The maximum absolute atomic E-state index is 12.6. The minimum absolute atomic E-state index is 0.00162. The summed E-state index contributed by atoms with van der Waals surface area (Å²) < 4.78 is 25.8. The van der Waals surface area contributed by atoms with Gasteiger partial charge in [0.25, 0.3) is 5.91 Å². The Balaban J connectivity index is 2.28. The van der Waals surface area contributed by atoms with Gasteiger partial charge in [0.05, 0.1) is 11.0 Å². The van der Waals surface area contributed by atoms with Gasteiger partial charge in [-0.25, -0.2) is 12.7 Å². The molecule has 6 nitrogen and oxygen atoms in total. The molecule has 1 aliphatic rings. The van der Waals surface area contributed by atoms with E-state index in [-0.39, 0.29) is 16.7 Å². The summed E-state index contributed by atoms with van der Waals surface area (Å²) in [6.07, 6.45) is 1.33. The van der Waals surface area contributed by atoms with Crippen LogP contribution in [0.4, 0.5) is 0 Å². The van der Waals surface area contributed by atoms with Crippen molar-refractivity contribution in [2.75, 3.05) is 27.2 Å². The summed E-state index contributed by atoms with van der Waals surface area (Å²) in [7, 11) is -0.651. The van der Waals surface area contributed by atoms with E-state index in [0.717, 1.165) is 4.31 Å². The molecule has 7 heteroatoms. The van der Waals surface area contributed by atoms with E-state index >= 15 is 0 Å². The number of sulfonamides is 1. The third-order valence-corrected chi connectivity index (χ3v) is 6.12. The van der Waals surface area contributed by atoms with Crippen LogP contribution < -0.4 is 0 Å². The molecule has 0 bridgehead atoms. The predicted molar refractivity (Wildman–Crippen MR) is 86.3 cm³/mol. The van der Waals surface area contributed by atoms with Gasteiger partial charge >= 0.3 is 0 Å². The number of carbonyl (C=O) groups excluding carboxylic acids is 1. The average Bonchev–Trinajstić information content (AvgIpc) is 2.54. The number of piperidine rings is 1. The maximum Gasteiger partial charge on any atom is 0.253 e. The first-order valence-corrected chi connectivity index (χ1v) is 8.93. The van der Waals surface area contributed by atoms with Crippen molar-refractivity contribution < 1.29 is 13.2 Å². The Labute approximate surface area is 137 Å². The minimum Gasteiger partial charge on any atom is -0.339 e. The van der Waals surface area contributed by atoms with Crippen LogP contribution in [0, 0.1) is 24.2 Å². The van der Waals surface area contributed by atoms with Crippen molar-refractivity contribution in [3.8, 4) is 6.07 Å². The first-order valence-electron chi connectivity index (χ1n) is 7.49. The van der Waals surface area contributed by atoms with Crippen LogP contribution in [0.5, 0.6) is 0 Å². The second kappa shape index (κ2) is 6.69. The zero-order valence-corrected chi connectivity index (χ0v) is 14.4. The van der Waals surface area contributed by atoms with Gasteiger partial charge in [-0.2, -0.15) is 5.26 Å². The molecule has 124 valence electrons. The highest BCUT2D eigenvalue weighted by atomic mass is 32.2. The van der Waals surface area contributed by atoms with E-state index in [1.54, 1.807) is 24.0 Å². The van der Waals surface area contributed by atoms with Gasteiger partial charge in [-0.15, -0.1) is 0 Å². The monoisotopic (exact) mass is 335 g/mol. The number of hydrogen-bond donors (Lipinski definition) is 0. The van der Waals surface area contributed by atoms with Gasteiger partial charge in [-0.05, 0) is 37.5 Å². The fourth-order valence-corrected chi connectivity index (χ4v) is 3.75. The first-order chi connectivity index (χ1) is 10.8. The fraction of sp³-hybridized carbons (Fsp3) is 0.500. The number of nitrogens with zero attached hydrogens (tertiary/aromatic N) is 3. The lowest BCUT2D eigenvalue weighted by Gasteiger charge is -2.29. The molecule has 1 heterocycles. The number of aryl methyl sites for hydroxylation is 1.